The number of guanidine groups is 1. The highest BCUT2D eigenvalue weighted by Crippen LogP contribution is 2.24. The molecule has 0 aliphatic heterocycles. The molecule has 0 bridgehead atoms. The average Bonchev–Trinajstić information content (AvgIpc) is 3.00. The van der Waals surface area contributed by atoms with Gasteiger partial charge in [-0.3, -0.25) is 4.99 Å². The topological polar surface area (TPSA) is 67.8 Å². The Balaban J connectivity index is 0.00000288. The molecule has 6 nitrogen and oxygen atoms in total. The van der Waals surface area contributed by atoms with Crippen molar-refractivity contribution in [2.45, 2.75) is 20.0 Å². The van der Waals surface area contributed by atoms with Crippen molar-refractivity contribution in [2.24, 2.45) is 4.99 Å². The molecule has 0 amide bonds. The number of methoxy groups -OCH3 is 2. The van der Waals surface area contributed by atoms with E-state index in [4.69, 9.17) is 9.47 Å². The first kappa shape index (κ1) is 20.5. The van der Waals surface area contributed by atoms with Gasteiger partial charge in [0.2, 0.25) is 0 Å². The number of aliphatic imine (C=N–C) groups is 1. The van der Waals surface area contributed by atoms with E-state index in [2.05, 4.69) is 20.6 Å². The highest BCUT2D eigenvalue weighted by atomic mass is 127. The first-order chi connectivity index (χ1) is 11.2. The van der Waals surface area contributed by atoms with E-state index in [1.54, 1.807) is 32.6 Å². The van der Waals surface area contributed by atoms with Gasteiger partial charge in [-0.1, -0.05) is 0 Å². The normalized spacial score (nSPS) is 10.8. The van der Waals surface area contributed by atoms with Crippen LogP contribution < -0.4 is 20.1 Å². The van der Waals surface area contributed by atoms with Gasteiger partial charge in [0, 0.05) is 30.1 Å². The Morgan fingerprint density at radius 1 is 1.21 bits per heavy atom. The maximum Gasteiger partial charge on any atom is 0.191 e. The van der Waals surface area contributed by atoms with Crippen LogP contribution in [0.25, 0.3) is 0 Å². The van der Waals surface area contributed by atoms with Crippen LogP contribution >= 0.6 is 35.3 Å². The molecule has 24 heavy (non-hydrogen) atoms. The zero-order valence-corrected chi connectivity index (χ0v) is 17.4. The Hall–Kier alpha value is -1.55. The molecule has 0 fully saturated rings. The molecule has 8 heteroatoms. The summed E-state index contributed by atoms with van der Waals surface area (Å²) in [7, 11) is 5.04. The van der Waals surface area contributed by atoms with Gasteiger partial charge in [-0.25, -0.2) is 4.98 Å². The molecule has 1 heterocycles. The third-order valence-electron chi connectivity index (χ3n) is 3.43. The van der Waals surface area contributed by atoms with E-state index in [1.165, 1.54) is 4.88 Å². The standard InChI is InChI=1S/C16H22N4O2S.HI/c1-11-15(23-10-20-11)9-19-16(17-2)18-8-12-5-6-13(21-3)7-14(12)22-4;/h5-7,10H,8-9H2,1-4H3,(H2,17,18,19);1H. The summed E-state index contributed by atoms with van der Waals surface area (Å²) >= 11 is 1.64. The van der Waals surface area contributed by atoms with E-state index < -0.39 is 0 Å². The first-order valence-electron chi connectivity index (χ1n) is 7.22. The monoisotopic (exact) mass is 462 g/mol. The van der Waals surface area contributed by atoms with Crippen LogP contribution in [0.1, 0.15) is 16.1 Å². The van der Waals surface area contributed by atoms with Gasteiger partial charge in [0.15, 0.2) is 5.96 Å². The molecule has 0 spiro atoms. The summed E-state index contributed by atoms with van der Waals surface area (Å²) in [5, 5.41) is 6.57. The van der Waals surface area contributed by atoms with Gasteiger partial charge in [-0.15, -0.1) is 35.3 Å². The number of halogens is 1. The van der Waals surface area contributed by atoms with Crippen molar-refractivity contribution in [3.63, 3.8) is 0 Å². The molecule has 1 aromatic heterocycles. The van der Waals surface area contributed by atoms with Crippen molar-refractivity contribution in [1.82, 2.24) is 15.6 Å². The van der Waals surface area contributed by atoms with Crippen molar-refractivity contribution in [3.8, 4) is 11.5 Å². The summed E-state index contributed by atoms with van der Waals surface area (Å²) in [6.45, 7) is 3.32. The van der Waals surface area contributed by atoms with E-state index >= 15 is 0 Å². The fraction of sp³-hybridized carbons (Fsp3) is 0.375. The van der Waals surface area contributed by atoms with Gasteiger partial charge >= 0.3 is 0 Å². The lowest BCUT2D eigenvalue weighted by molar-refractivity contribution is 0.390. The molecular formula is C16H23IN4O2S. The first-order valence-corrected chi connectivity index (χ1v) is 8.10. The largest absolute Gasteiger partial charge is 0.497 e. The number of nitrogens with zero attached hydrogens (tertiary/aromatic N) is 2. The van der Waals surface area contributed by atoms with Crippen LogP contribution in [0.5, 0.6) is 11.5 Å². The predicted octanol–water partition coefficient (Wildman–Crippen LogP) is 2.95. The summed E-state index contributed by atoms with van der Waals surface area (Å²) in [5.74, 6) is 2.29. The van der Waals surface area contributed by atoms with E-state index in [9.17, 15) is 0 Å². The lowest BCUT2D eigenvalue weighted by Crippen LogP contribution is -2.36. The van der Waals surface area contributed by atoms with Crippen LogP contribution in [0.15, 0.2) is 28.7 Å². The minimum absolute atomic E-state index is 0. The zero-order chi connectivity index (χ0) is 16.7. The second-order valence-electron chi connectivity index (χ2n) is 4.82. The quantitative estimate of drug-likeness (QED) is 0.393. The molecular weight excluding hydrogens is 439 g/mol. The second kappa shape index (κ2) is 10.3. The van der Waals surface area contributed by atoms with E-state index in [1.807, 2.05) is 30.6 Å². The highest BCUT2D eigenvalue weighted by molar-refractivity contribution is 14.0. The molecule has 0 atom stereocenters. The third kappa shape index (κ3) is 5.52. The van der Waals surface area contributed by atoms with Crippen molar-refractivity contribution in [1.29, 1.82) is 0 Å². The van der Waals surface area contributed by atoms with E-state index in [-0.39, 0.29) is 24.0 Å². The summed E-state index contributed by atoms with van der Waals surface area (Å²) in [6, 6.07) is 5.76. The number of hydrogen-bond acceptors (Lipinski definition) is 5. The number of rotatable bonds is 6. The average molecular weight is 462 g/mol. The maximum atomic E-state index is 5.40. The van der Waals surface area contributed by atoms with Crippen LogP contribution in [-0.2, 0) is 13.1 Å². The molecule has 0 aliphatic rings. The molecule has 0 aliphatic carbocycles. The lowest BCUT2D eigenvalue weighted by atomic mass is 10.2. The molecule has 2 rings (SSSR count). The Kier molecular flexibility index (Phi) is 8.83. The highest BCUT2D eigenvalue weighted by Gasteiger charge is 2.07. The SMILES string of the molecule is CN=C(NCc1ccc(OC)cc1OC)NCc1scnc1C.I. The third-order valence-corrected chi connectivity index (χ3v) is 4.36. The maximum absolute atomic E-state index is 5.40. The number of aromatic nitrogens is 1. The molecule has 2 N–H and O–H groups in total. The van der Waals surface area contributed by atoms with Gasteiger partial charge in [-0.2, -0.15) is 0 Å². The second-order valence-corrected chi connectivity index (χ2v) is 5.76. The molecule has 0 radical (unpaired) electrons. The van der Waals surface area contributed by atoms with Crippen LogP contribution in [0.3, 0.4) is 0 Å². The summed E-state index contributed by atoms with van der Waals surface area (Å²) in [6.07, 6.45) is 0. The summed E-state index contributed by atoms with van der Waals surface area (Å²) in [5.41, 5.74) is 3.94. The lowest BCUT2D eigenvalue weighted by Gasteiger charge is -2.14. The van der Waals surface area contributed by atoms with Gasteiger partial charge in [0.25, 0.3) is 0 Å². The van der Waals surface area contributed by atoms with Crippen molar-refractivity contribution < 1.29 is 9.47 Å². The smallest absolute Gasteiger partial charge is 0.191 e. The molecule has 0 saturated heterocycles. The van der Waals surface area contributed by atoms with E-state index in [0.29, 0.717) is 13.1 Å². The van der Waals surface area contributed by atoms with Crippen molar-refractivity contribution in [2.75, 3.05) is 21.3 Å². The van der Waals surface area contributed by atoms with Gasteiger partial charge < -0.3 is 20.1 Å². The fourth-order valence-corrected chi connectivity index (χ4v) is 2.77. The zero-order valence-electron chi connectivity index (χ0n) is 14.3. The summed E-state index contributed by atoms with van der Waals surface area (Å²) in [4.78, 5) is 9.68. The minimum atomic E-state index is 0. The molecule has 2 aromatic rings. The van der Waals surface area contributed by atoms with Crippen LogP contribution in [0.4, 0.5) is 0 Å². The van der Waals surface area contributed by atoms with E-state index in [0.717, 1.165) is 28.7 Å². The number of benzene rings is 1. The number of hydrogen-bond donors (Lipinski definition) is 2. The molecule has 0 saturated carbocycles. The van der Waals surface area contributed by atoms with Crippen LogP contribution in [0.2, 0.25) is 0 Å². The fourth-order valence-electron chi connectivity index (χ4n) is 2.06. The Morgan fingerprint density at radius 2 is 1.96 bits per heavy atom. The predicted molar refractivity (Wildman–Crippen MR) is 109 cm³/mol. The Morgan fingerprint density at radius 3 is 2.54 bits per heavy atom. The molecule has 0 unspecified atom stereocenters. The summed E-state index contributed by atoms with van der Waals surface area (Å²) < 4.78 is 10.6. The van der Waals surface area contributed by atoms with Gasteiger partial charge in [0.05, 0.1) is 32.0 Å². The van der Waals surface area contributed by atoms with Crippen molar-refractivity contribution >= 4 is 41.3 Å². The van der Waals surface area contributed by atoms with Gasteiger partial charge in [-0.05, 0) is 19.1 Å². The van der Waals surface area contributed by atoms with Crippen LogP contribution in [-0.4, -0.2) is 32.2 Å². The number of aryl methyl sites for hydroxylation is 1. The number of thiazole rings is 1. The molecule has 132 valence electrons. The number of nitrogens with one attached hydrogen (secondary N) is 2. The van der Waals surface area contributed by atoms with Gasteiger partial charge in [0.1, 0.15) is 11.5 Å². The van der Waals surface area contributed by atoms with Crippen molar-refractivity contribution in [3.05, 3.63) is 39.8 Å². The number of ether oxygens (including phenoxy) is 2. The molecule has 1 aromatic carbocycles. The minimum Gasteiger partial charge on any atom is -0.497 e. The Bertz CT molecular complexity index is 676. The Labute approximate surface area is 163 Å². The van der Waals surface area contributed by atoms with Crippen LogP contribution in [0, 0.1) is 6.92 Å².